The van der Waals surface area contributed by atoms with Crippen molar-refractivity contribution >= 4 is 17.8 Å². The van der Waals surface area contributed by atoms with E-state index >= 15 is 0 Å². The normalized spacial score (nSPS) is 22.6. The van der Waals surface area contributed by atoms with Gasteiger partial charge in [-0.15, -0.1) is 0 Å². The second-order valence-corrected chi connectivity index (χ2v) is 5.49. The average molecular weight is 299 g/mol. The second kappa shape index (κ2) is 6.86. The van der Waals surface area contributed by atoms with E-state index in [9.17, 15) is 14.4 Å². The van der Waals surface area contributed by atoms with E-state index < -0.39 is 12.0 Å². The lowest BCUT2D eigenvalue weighted by Crippen LogP contribution is -2.53. The number of rotatable bonds is 6. The molecule has 2 rings (SSSR count). The number of likely N-dealkylation sites (N-methyl/N-ethyl adjacent to an activating group) is 1. The van der Waals surface area contributed by atoms with Gasteiger partial charge in [-0.1, -0.05) is 0 Å². The van der Waals surface area contributed by atoms with E-state index in [1.54, 1.807) is 11.9 Å². The summed E-state index contributed by atoms with van der Waals surface area (Å²) in [6.45, 7) is 0.854. The Labute approximate surface area is 123 Å². The van der Waals surface area contributed by atoms with Gasteiger partial charge in [0.2, 0.25) is 11.8 Å². The number of carbonyl (C=O) groups is 3. The zero-order chi connectivity index (χ0) is 15.4. The molecule has 1 aliphatic carbocycles. The highest BCUT2D eigenvalue weighted by atomic mass is 16.5. The highest BCUT2D eigenvalue weighted by molar-refractivity contribution is 5.86. The fourth-order valence-electron chi connectivity index (χ4n) is 2.15. The van der Waals surface area contributed by atoms with E-state index in [1.165, 1.54) is 4.90 Å². The monoisotopic (exact) mass is 299 g/mol. The van der Waals surface area contributed by atoms with Crippen LogP contribution in [0.15, 0.2) is 0 Å². The number of nitrogens with zero attached hydrogens (tertiary/aromatic N) is 2. The largest absolute Gasteiger partial charge is 0.480 e. The van der Waals surface area contributed by atoms with Crippen LogP contribution in [0.3, 0.4) is 0 Å². The quantitative estimate of drug-likeness (QED) is 0.620. The summed E-state index contributed by atoms with van der Waals surface area (Å²) in [5, 5.41) is 11.9. The third-order valence-electron chi connectivity index (χ3n) is 3.61. The Morgan fingerprint density at radius 3 is 2.71 bits per heavy atom. The molecular weight excluding hydrogens is 278 g/mol. The molecule has 21 heavy (non-hydrogen) atoms. The molecule has 1 saturated carbocycles. The van der Waals surface area contributed by atoms with E-state index in [-0.39, 0.29) is 37.6 Å². The molecule has 0 aromatic heterocycles. The molecule has 1 aliphatic heterocycles. The minimum absolute atomic E-state index is 0.00257. The molecule has 0 aromatic rings. The number of carboxylic acids is 1. The van der Waals surface area contributed by atoms with Crippen molar-refractivity contribution in [2.75, 3.05) is 39.9 Å². The van der Waals surface area contributed by atoms with Gasteiger partial charge in [0.25, 0.3) is 0 Å². The van der Waals surface area contributed by atoms with Crippen LogP contribution in [0.5, 0.6) is 0 Å². The third-order valence-corrected chi connectivity index (χ3v) is 3.61. The van der Waals surface area contributed by atoms with Gasteiger partial charge in [0.15, 0.2) is 0 Å². The number of morpholine rings is 1. The van der Waals surface area contributed by atoms with Crippen LogP contribution in [0.25, 0.3) is 0 Å². The highest BCUT2D eigenvalue weighted by Crippen LogP contribution is 2.18. The van der Waals surface area contributed by atoms with Crippen molar-refractivity contribution in [3.8, 4) is 0 Å². The lowest BCUT2D eigenvalue weighted by atomic mass is 10.2. The molecule has 2 N–H and O–H groups in total. The molecule has 0 bridgehead atoms. The van der Waals surface area contributed by atoms with Gasteiger partial charge < -0.3 is 20.1 Å². The maximum absolute atomic E-state index is 12.1. The molecule has 0 spiro atoms. The van der Waals surface area contributed by atoms with Crippen LogP contribution >= 0.6 is 0 Å². The van der Waals surface area contributed by atoms with Crippen LogP contribution < -0.4 is 5.32 Å². The van der Waals surface area contributed by atoms with E-state index in [1.807, 2.05) is 0 Å². The zero-order valence-electron chi connectivity index (χ0n) is 12.1. The molecule has 8 heteroatoms. The Morgan fingerprint density at radius 1 is 1.38 bits per heavy atom. The molecule has 1 saturated heterocycles. The van der Waals surface area contributed by atoms with Crippen LogP contribution in [-0.2, 0) is 19.1 Å². The van der Waals surface area contributed by atoms with Crippen molar-refractivity contribution in [2.24, 2.45) is 0 Å². The smallest absolute Gasteiger partial charge is 0.323 e. The van der Waals surface area contributed by atoms with Crippen molar-refractivity contribution in [1.82, 2.24) is 15.1 Å². The van der Waals surface area contributed by atoms with Gasteiger partial charge in [0, 0.05) is 19.6 Å². The predicted molar refractivity (Wildman–Crippen MR) is 72.6 cm³/mol. The summed E-state index contributed by atoms with van der Waals surface area (Å²) in [6, 6.07) is -0.548. The van der Waals surface area contributed by atoms with Crippen LogP contribution in [0.2, 0.25) is 0 Å². The molecule has 1 heterocycles. The molecule has 8 nitrogen and oxygen atoms in total. The van der Waals surface area contributed by atoms with Gasteiger partial charge in [0.1, 0.15) is 6.04 Å². The average Bonchev–Trinajstić information content (AvgIpc) is 3.22. The summed E-state index contributed by atoms with van der Waals surface area (Å²) >= 11 is 0. The Bertz CT molecular complexity index is 424. The first-order chi connectivity index (χ1) is 9.97. The molecule has 2 aliphatic rings. The summed E-state index contributed by atoms with van der Waals surface area (Å²) in [6.07, 6.45) is 1.99. The van der Waals surface area contributed by atoms with E-state index in [0.717, 1.165) is 12.8 Å². The summed E-state index contributed by atoms with van der Waals surface area (Å²) in [7, 11) is 1.55. The first kappa shape index (κ1) is 15.7. The van der Waals surface area contributed by atoms with Crippen molar-refractivity contribution in [1.29, 1.82) is 0 Å². The molecule has 1 atom stereocenters. The molecule has 0 aromatic carbocycles. The number of aliphatic carboxylic acids is 1. The van der Waals surface area contributed by atoms with Gasteiger partial charge in [-0.3, -0.25) is 19.3 Å². The highest BCUT2D eigenvalue weighted by Gasteiger charge is 2.31. The number of carboxylic acid groups (broad SMARTS) is 1. The minimum atomic E-state index is -1.00. The van der Waals surface area contributed by atoms with E-state index in [2.05, 4.69) is 5.32 Å². The Hall–Kier alpha value is -1.67. The molecule has 1 unspecified atom stereocenters. The molecule has 2 amide bonds. The van der Waals surface area contributed by atoms with Crippen LogP contribution in [0.1, 0.15) is 12.8 Å². The number of carbonyl (C=O) groups excluding carboxylic acids is 2. The van der Waals surface area contributed by atoms with Crippen molar-refractivity contribution in [2.45, 2.75) is 24.9 Å². The first-order valence-corrected chi connectivity index (χ1v) is 7.05. The summed E-state index contributed by atoms with van der Waals surface area (Å²) in [4.78, 5) is 37.7. The van der Waals surface area contributed by atoms with Crippen LogP contribution in [0.4, 0.5) is 0 Å². The van der Waals surface area contributed by atoms with Crippen LogP contribution in [-0.4, -0.2) is 84.7 Å². The lowest BCUT2D eigenvalue weighted by Gasteiger charge is -2.33. The van der Waals surface area contributed by atoms with E-state index in [4.69, 9.17) is 9.84 Å². The van der Waals surface area contributed by atoms with Crippen LogP contribution in [0, 0.1) is 0 Å². The summed E-state index contributed by atoms with van der Waals surface area (Å²) in [5.41, 5.74) is 0. The van der Waals surface area contributed by atoms with Gasteiger partial charge in [-0.05, 0) is 12.8 Å². The molecule has 0 radical (unpaired) electrons. The lowest BCUT2D eigenvalue weighted by molar-refractivity contribution is -0.151. The third kappa shape index (κ3) is 4.68. The minimum Gasteiger partial charge on any atom is -0.480 e. The number of hydrogen-bond acceptors (Lipinski definition) is 5. The molecular formula is C13H21N3O5. The van der Waals surface area contributed by atoms with Gasteiger partial charge in [-0.2, -0.15) is 0 Å². The second-order valence-electron chi connectivity index (χ2n) is 5.49. The van der Waals surface area contributed by atoms with Crippen molar-refractivity contribution in [3.05, 3.63) is 0 Å². The SMILES string of the molecule is CN(CC(=O)NC1CC1)C(=O)CN1CCOCC1C(=O)O. The summed E-state index contributed by atoms with van der Waals surface area (Å²) < 4.78 is 5.12. The number of nitrogens with one attached hydrogen (secondary N) is 1. The number of hydrogen-bond donors (Lipinski definition) is 2. The van der Waals surface area contributed by atoms with Crippen molar-refractivity contribution < 1.29 is 24.2 Å². The van der Waals surface area contributed by atoms with Crippen molar-refractivity contribution in [3.63, 3.8) is 0 Å². The standard InChI is InChI=1S/C13H21N3O5/c1-15(6-11(17)14-9-2-3-9)12(18)7-16-4-5-21-8-10(16)13(19)20/h9-10H,2-8H2,1H3,(H,14,17)(H,19,20). The first-order valence-electron chi connectivity index (χ1n) is 7.05. The number of ether oxygens (including phenoxy) is 1. The van der Waals surface area contributed by atoms with Gasteiger partial charge in [0.05, 0.1) is 26.3 Å². The van der Waals surface area contributed by atoms with Gasteiger partial charge in [-0.25, -0.2) is 0 Å². The Balaban J connectivity index is 1.80. The number of amides is 2. The Morgan fingerprint density at radius 2 is 2.10 bits per heavy atom. The fourth-order valence-corrected chi connectivity index (χ4v) is 2.15. The van der Waals surface area contributed by atoms with Gasteiger partial charge >= 0.3 is 5.97 Å². The predicted octanol–water partition coefficient (Wildman–Crippen LogP) is -1.49. The zero-order valence-corrected chi connectivity index (χ0v) is 12.1. The summed E-state index contributed by atoms with van der Waals surface area (Å²) in [5.74, 6) is -1.45. The Kier molecular flexibility index (Phi) is 5.13. The topological polar surface area (TPSA) is 99.2 Å². The molecule has 2 fully saturated rings. The fraction of sp³-hybridized carbons (Fsp3) is 0.769. The molecule has 118 valence electrons. The maximum atomic E-state index is 12.1. The maximum Gasteiger partial charge on any atom is 0.323 e. The van der Waals surface area contributed by atoms with E-state index in [0.29, 0.717) is 13.2 Å².